The molecule has 1 aromatic rings. The van der Waals surface area contributed by atoms with Gasteiger partial charge in [-0.3, -0.25) is 0 Å². The van der Waals surface area contributed by atoms with Crippen LogP contribution in [0.4, 0.5) is 0 Å². The van der Waals surface area contributed by atoms with E-state index in [1.54, 1.807) is 0 Å². The predicted molar refractivity (Wildman–Crippen MR) is 93.8 cm³/mol. The first-order valence-corrected chi connectivity index (χ1v) is 7.35. The van der Waals surface area contributed by atoms with Crippen LogP contribution in [0.3, 0.4) is 0 Å². The monoisotopic (exact) mass is 407 g/mol. The average Bonchev–Trinajstić information content (AvgIpc) is 2.70. The number of aromatic nitrogens is 2. The van der Waals surface area contributed by atoms with Crippen LogP contribution in [0.5, 0.6) is 0 Å². The van der Waals surface area contributed by atoms with Crippen LogP contribution in [0.1, 0.15) is 58.2 Å². The Balaban J connectivity index is 0.00000220. The van der Waals surface area contributed by atoms with Gasteiger partial charge >= 0.3 is 0 Å². The van der Waals surface area contributed by atoms with E-state index in [4.69, 9.17) is 10.3 Å². The number of halogens is 1. The molecule has 0 radical (unpaired) electrons. The van der Waals surface area contributed by atoms with Gasteiger partial charge in [0.2, 0.25) is 5.89 Å². The van der Waals surface area contributed by atoms with E-state index in [2.05, 4.69) is 20.0 Å². The second-order valence-corrected chi connectivity index (χ2v) is 6.34. The summed E-state index contributed by atoms with van der Waals surface area (Å²) in [6.45, 7) is 8.49. The van der Waals surface area contributed by atoms with E-state index in [-0.39, 0.29) is 29.4 Å². The van der Waals surface area contributed by atoms with Gasteiger partial charge < -0.3 is 15.2 Å². The van der Waals surface area contributed by atoms with Crippen LogP contribution in [0.2, 0.25) is 0 Å². The second kappa shape index (κ2) is 7.95. The lowest BCUT2D eigenvalue weighted by Crippen LogP contribution is -2.38. The molecule has 0 saturated carbocycles. The van der Waals surface area contributed by atoms with Gasteiger partial charge in [-0.25, -0.2) is 4.99 Å². The zero-order chi connectivity index (χ0) is 14.6. The first-order chi connectivity index (χ1) is 9.47. The minimum Gasteiger partial charge on any atom is -0.370 e. The zero-order valence-corrected chi connectivity index (χ0v) is 15.5. The van der Waals surface area contributed by atoms with E-state index >= 15 is 0 Å². The zero-order valence-electron chi connectivity index (χ0n) is 13.1. The third-order valence-corrected chi connectivity index (χ3v) is 3.42. The molecular formula is C14H26IN5O. The molecule has 21 heavy (non-hydrogen) atoms. The molecule has 0 unspecified atom stereocenters. The molecule has 0 aliphatic carbocycles. The molecule has 0 aromatic carbocycles. The van der Waals surface area contributed by atoms with Gasteiger partial charge in [-0.2, -0.15) is 4.98 Å². The number of guanidine groups is 1. The number of rotatable bonds is 2. The molecule has 1 fully saturated rings. The fourth-order valence-corrected chi connectivity index (χ4v) is 2.17. The van der Waals surface area contributed by atoms with Crippen molar-refractivity contribution in [2.24, 2.45) is 10.7 Å². The van der Waals surface area contributed by atoms with Crippen molar-refractivity contribution in [3.8, 4) is 0 Å². The Hall–Kier alpha value is -0.860. The van der Waals surface area contributed by atoms with E-state index in [1.165, 1.54) is 25.7 Å². The summed E-state index contributed by atoms with van der Waals surface area (Å²) >= 11 is 0. The number of hydrogen-bond donors (Lipinski definition) is 1. The molecule has 0 spiro atoms. The summed E-state index contributed by atoms with van der Waals surface area (Å²) in [5.74, 6) is 1.82. The molecule has 0 bridgehead atoms. The van der Waals surface area contributed by atoms with Gasteiger partial charge in [0.1, 0.15) is 6.54 Å². The van der Waals surface area contributed by atoms with Crippen LogP contribution in [0.15, 0.2) is 9.52 Å². The molecule has 2 rings (SSSR count). The molecule has 6 nitrogen and oxygen atoms in total. The van der Waals surface area contributed by atoms with Gasteiger partial charge in [0.05, 0.1) is 0 Å². The standard InChI is InChI=1S/C14H25N5O.HI/c1-14(2,3)12-17-11(18-20-12)10-16-13(15)19-8-6-4-5-7-9-19;/h4-10H2,1-3H3,(H2,15,16);1H. The highest BCUT2D eigenvalue weighted by Crippen LogP contribution is 2.19. The summed E-state index contributed by atoms with van der Waals surface area (Å²) < 4.78 is 5.24. The predicted octanol–water partition coefficient (Wildman–Crippen LogP) is 2.68. The van der Waals surface area contributed by atoms with Crippen LogP contribution in [-0.2, 0) is 12.0 Å². The Labute approximate surface area is 143 Å². The molecule has 2 heterocycles. The van der Waals surface area contributed by atoms with Crippen LogP contribution >= 0.6 is 24.0 Å². The number of nitrogens with zero attached hydrogens (tertiary/aromatic N) is 4. The van der Waals surface area contributed by atoms with Gasteiger partial charge in [0.15, 0.2) is 11.8 Å². The highest BCUT2D eigenvalue weighted by Gasteiger charge is 2.21. The van der Waals surface area contributed by atoms with E-state index in [1.807, 2.05) is 20.8 Å². The Morgan fingerprint density at radius 3 is 2.38 bits per heavy atom. The number of likely N-dealkylation sites (tertiary alicyclic amines) is 1. The van der Waals surface area contributed by atoms with Crippen molar-refractivity contribution in [1.29, 1.82) is 0 Å². The normalized spacial score (nSPS) is 17.3. The van der Waals surface area contributed by atoms with Crippen molar-refractivity contribution in [2.75, 3.05) is 13.1 Å². The first kappa shape index (κ1) is 18.2. The highest BCUT2D eigenvalue weighted by molar-refractivity contribution is 14.0. The maximum absolute atomic E-state index is 6.05. The Morgan fingerprint density at radius 2 is 1.86 bits per heavy atom. The summed E-state index contributed by atoms with van der Waals surface area (Å²) in [7, 11) is 0. The highest BCUT2D eigenvalue weighted by atomic mass is 127. The second-order valence-electron chi connectivity index (χ2n) is 6.34. The lowest BCUT2D eigenvalue weighted by Gasteiger charge is -2.20. The molecular weight excluding hydrogens is 381 g/mol. The third-order valence-electron chi connectivity index (χ3n) is 3.42. The maximum atomic E-state index is 6.05. The molecule has 1 aliphatic heterocycles. The molecule has 120 valence electrons. The van der Waals surface area contributed by atoms with Crippen molar-refractivity contribution in [3.63, 3.8) is 0 Å². The Bertz CT molecular complexity index is 458. The SMILES string of the molecule is CC(C)(C)c1nc(CN=C(N)N2CCCCCC2)no1.I. The van der Waals surface area contributed by atoms with Crippen LogP contribution in [0, 0.1) is 0 Å². The van der Waals surface area contributed by atoms with Gasteiger partial charge in [-0.05, 0) is 12.8 Å². The average molecular weight is 407 g/mol. The van der Waals surface area contributed by atoms with Crippen molar-refractivity contribution < 1.29 is 4.52 Å². The summed E-state index contributed by atoms with van der Waals surface area (Å²) in [5, 5.41) is 3.95. The molecule has 0 atom stereocenters. The lowest BCUT2D eigenvalue weighted by molar-refractivity contribution is 0.318. The quantitative estimate of drug-likeness (QED) is 0.463. The van der Waals surface area contributed by atoms with Crippen LogP contribution in [0.25, 0.3) is 0 Å². The molecule has 1 saturated heterocycles. The van der Waals surface area contributed by atoms with Gasteiger partial charge in [-0.15, -0.1) is 24.0 Å². The van der Waals surface area contributed by atoms with Crippen molar-refractivity contribution in [2.45, 2.75) is 58.4 Å². The first-order valence-electron chi connectivity index (χ1n) is 7.35. The molecule has 7 heteroatoms. The van der Waals surface area contributed by atoms with E-state index < -0.39 is 0 Å². The maximum Gasteiger partial charge on any atom is 0.232 e. The smallest absolute Gasteiger partial charge is 0.232 e. The largest absolute Gasteiger partial charge is 0.370 e. The minimum atomic E-state index is -0.134. The van der Waals surface area contributed by atoms with Gasteiger partial charge in [0.25, 0.3) is 0 Å². The fraction of sp³-hybridized carbons (Fsp3) is 0.786. The van der Waals surface area contributed by atoms with Crippen LogP contribution < -0.4 is 5.73 Å². The lowest BCUT2D eigenvalue weighted by atomic mass is 9.97. The number of hydrogen-bond acceptors (Lipinski definition) is 4. The van der Waals surface area contributed by atoms with Crippen LogP contribution in [-0.4, -0.2) is 34.1 Å². The minimum absolute atomic E-state index is 0. The number of nitrogens with two attached hydrogens (primary N) is 1. The van der Waals surface area contributed by atoms with Crippen molar-refractivity contribution >= 4 is 29.9 Å². The molecule has 0 amide bonds. The fourth-order valence-electron chi connectivity index (χ4n) is 2.17. The molecule has 1 aliphatic rings. The van der Waals surface area contributed by atoms with Crippen molar-refractivity contribution in [3.05, 3.63) is 11.7 Å². The Kier molecular flexibility index (Phi) is 6.89. The topological polar surface area (TPSA) is 80.5 Å². The van der Waals surface area contributed by atoms with E-state index in [0.29, 0.717) is 24.2 Å². The van der Waals surface area contributed by atoms with Gasteiger partial charge in [-0.1, -0.05) is 38.8 Å². The Morgan fingerprint density at radius 1 is 1.24 bits per heavy atom. The number of aliphatic imine (C=N–C) groups is 1. The molecule has 2 N–H and O–H groups in total. The van der Waals surface area contributed by atoms with Crippen molar-refractivity contribution in [1.82, 2.24) is 15.0 Å². The van der Waals surface area contributed by atoms with Gasteiger partial charge in [0, 0.05) is 18.5 Å². The summed E-state index contributed by atoms with van der Waals surface area (Å²) in [5.41, 5.74) is 5.91. The third kappa shape index (κ3) is 5.44. The van der Waals surface area contributed by atoms with E-state index in [9.17, 15) is 0 Å². The molecule has 1 aromatic heterocycles. The summed E-state index contributed by atoms with van der Waals surface area (Å²) in [4.78, 5) is 10.9. The van der Waals surface area contributed by atoms with E-state index in [0.717, 1.165) is 13.1 Å². The summed E-state index contributed by atoms with van der Waals surface area (Å²) in [6, 6.07) is 0. The summed E-state index contributed by atoms with van der Waals surface area (Å²) in [6.07, 6.45) is 4.94.